The Morgan fingerprint density at radius 1 is 1.22 bits per heavy atom. The van der Waals surface area contributed by atoms with Crippen LogP contribution in [0.5, 0.6) is 0 Å². The molecule has 0 aliphatic carbocycles. The first-order chi connectivity index (χ1) is 13.1. The van der Waals surface area contributed by atoms with E-state index in [4.69, 9.17) is 4.74 Å². The molecule has 8 nitrogen and oxygen atoms in total. The number of hydrogen-bond acceptors (Lipinski definition) is 6. The second-order valence-electron chi connectivity index (χ2n) is 6.97. The molecule has 150 valence electrons. The Morgan fingerprint density at radius 3 is 2.63 bits per heavy atom. The number of piperidine rings is 1. The average Bonchev–Trinajstić information content (AvgIpc) is 2.72. The zero-order chi connectivity index (χ0) is 19.1. The van der Waals surface area contributed by atoms with Gasteiger partial charge in [0.1, 0.15) is 4.90 Å². The Kier molecular flexibility index (Phi) is 7.17. The van der Waals surface area contributed by atoms with E-state index in [1.807, 2.05) is 0 Å². The van der Waals surface area contributed by atoms with Crippen molar-refractivity contribution in [2.24, 2.45) is 5.92 Å². The molecule has 0 atom stereocenters. The summed E-state index contributed by atoms with van der Waals surface area (Å²) in [5.74, 6) is -0.0795. The van der Waals surface area contributed by atoms with Crippen LogP contribution in [0.1, 0.15) is 19.3 Å². The SMILES string of the molecule is O=C(NCCCN1CCOCC1)C1CCN(S(=O)(=O)c2cccnc2)CC1. The topological polar surface area (TPSA) is 91.8 Å². The van der Waals surface area contributed by atoms with E-state index < -0.39 is 10.0 Å². The molecular weight excluding hydrogens is 368 g/mol. The molecule has 1 amide bonds. The summed E-state index contributed by atoms with van der Waals surface area (Å²) in [6, 6.07) is 3.17. The lowest BCUT2D eigenvalue weighted by atomic mass is 9.97. The molecule has 1 aromatic rings. The van der Waals surface area contributed by atoms with Crippen LogP contribution in [-0.4, -0.2) is 81.0 Å². The van der Waals surface area contributed by atoms with E-state index in [2.05, 4.69) is 15.2 Å². The lowest BCUT2D eigenvalue weighted by molar-refractivity contribution is -0.126. The molecule has 0 aromatic carbocycles. The van der Waals surface area contributed by atoms with Crippen LogP contribution in [0.2, 0.25) is 0 Å². The van der Waals surface area contributed by atoms with Gasteiger partial charge >= 0.3 is 0 Å². The van der Waals surface area contributed by atoms with Gasteiger partial charge in [-0.2, -0.15) is 4.31 Å². The van der Waals surface area contributed by atoms with Crippen LogP contribution in [0.4, 0.5) is 0 Å². The summed E-state index contributed by atoms with van der Waals surface area (Å²) < 4.78 is 32.0. The third-order valence-electron chi connectivity index (χ3n) is 5.15. The van der Waals surface area contributed by atoms with E-state index in [1.165, 1.54) is 10.5 Å². The van der Waals surface area contributed by atoms with E-state index in [0.29, 0.717) is 32.5 Å². The number of carbonyl (C=O) groups is 1. The smallest absolute Gasteiger partial charge is 0.244 e. The monoisotopic (exact) mass is 396 g/mol. The molecule has 1 N–H and O–H groups in total. The fourth-order valence-corrected chi connectivity index (χ4v) is 4.92. The van der Waals surface area contributed by atoms with Gasteiger partial charge in [0.2, 0.25) is 15.9 Å². The van der Waals surface area contributed by atoms with Gasteiger partial charge in [0.25, 0.3) is 0 Å². The van der Waals surface area contributed by atoms with Crippen LogP contribution in [0.3, 0.4) is 0 Å². The predicted octanol–water partition coefficient (Wildman–Crippen LogP) is 0.321. The maximum absolute atomic E-state index is 12.6. The second-order valence-corrected chi connectivity index (χ2v) is 8.90. The molecule has 9 heteroatoms. The minimum Gasteiger partial charge on any atom is -0.379 e. The van der Waals surface area contributed by atoms with Crippen molar-refractivity contribution >= 4 is 15.9 Å². The van der Waals surface area contributed by atoms with Gasteiger partial charge in [0.05, 0.1) is 13.2 Å². The molecule has 2 aliphatic rings. The highest BCUT2D eigenvalue weighted by Gasteiger charge is 2.32. The summed E-state index contributed by atoms with van der Waals surface area (Å²) in [5, 5.41) is 3.00. The molecule has 0 bridgehead atoms. The number of nitrogens with one attached hydrogen (secondary N) is 1. The predicted molar refractivity (Wildman–Crippen MR) is 101 cm³/mol. The standard InChI is InChI=1S/C18H28N4O4S/c23-18(20-7-2-8-21-11-13-26-14-12-21)16-4-9-22(10-5-16)27(24,25)17-3-1-6-19-15-17/h1,3,6,15-16H,2,4-5,7-14H2,(H,20,23). The summed E-state index contributed by atoms with van der Waals surface area (Å²) in [7, 11) is -3.52. The fraction of sp³-hybridized carbons (Fsp3) is 0.667. The van der Waals surface area contributed by atoms with Gasteiger partial charge < -0.3 is 10.1 Å². The molecule has 0 spiro atoms. The quantitative estimate of drug-likeness (QED) is 0.668. The van der Waals surface area contributed by atoms with E-state index in [-0.39, 0.29) is 16.7 Å². The maximum Gasteiger partial charge on any atom is 0.244 e. The first-order valence-electron chi connectivity index (χ1n) is 9.55. The second kappa shape index (κ2) is 9.59. The Hall–Kier alpha value is -1.55. The summed E-state index contributed by atoms with van der Waals surface area (Å²) in [6.45, 7) is 5.83. The number of aromatic nitrogens is 1. The number of carbonyl (C=O) groups excluding carboxylic acids is 1. The lowest BCUT2D eigenvalue weighted by Crippen LogP contribution is -2.43. The number of sulfonamides is 1. The van der Waals surface area contributed by atoms with E-state index in [0.717, 1.165) is 39.3 Å². The molecule has 0 unspecified atom stereocenters. The highest BCUT2D eigenvalue weighted by molar-refractivity contribution is 7.89. The van der Waals surface area contributed by atoms with Gasteiger partial charge in [0, 0.05) is 51.0 Å². The molecular formula is C18H28N4O4S. The zero-order valence-corrected chi connectivity index (χ0v) is 16.4. The van der Waals surface area contributed by atoms with Crippen molar-refractivity contribution in [2.75, 3.05) is 52.5 Å². The number of morpholine rings is 1. The summed E-state index contributed by atoms with van der Waals surface area (Å²) in [4.78, 5) is 18.8. The molecule has 27 heavy (non-hydrogen) atoms. The third-order valence-corrected chi connectivity index (χ3v) is 7.03. The first-order valence-corrected chi connectivity index (χ1v) is 11.0. The highest BCUT2D eigenvalue weighted by Crippen LogP contribution is 2.23. The van der Waals surface area contributed by atoms with Gasteiger partial charge in [-0.15, -0.1) is 0 Å². The number of nitrogens with zero attached hydrogens (tertiary/aromatic N) is 3. The van der Waals surface area contributed by atoms with Crippen molar-refractivity contribution in [2.45, 2.75) is 24.2 Å². The largest absolute Gasteiger partial charge is 0.379 e. The Morgan fingerprint density at radius 2 is 1.96 bits per heavy atom. The van der Waals surface area contributed by atoms with Gasteiger partial charge in [-0.1, -0.05) is 0 Å². The molecule has 2 fully saturated rings. The van der Waals surface area contributed by atoms with Crippen molar-refractivity contribution in [3.05, 3.63) is 24.5 Å². The van der Waals surface area contributed by atoms with Gasteiger partial charge in [-0.05, 0) is 37.9 Å². The normalized spacial score (nSPS) is 20.4. The van der Waals surface area contributed by atoms with Crippen LogP contribution in [0, 0.1) is 5.92 Å². The Bertz CT molecular complexity index is 699. The summed E-state index contributed by atoms with van der Waals surface area (Å²) in [6.07, 6.45) is 4.93. The number of hydrogen-bond donors (Lipinski definition) is 1. The highest BCUT2D eigenvalue weighted by atomic mass is 32.2. The Balaban J connectivity index is 1.39. The zero-order valence-electron chi connectivity index (χ0n) is 15.5. The molecule has 3 heterocycles. The average molecular weight is 397 g/mol. The molecule has 2 aliphatic heterocycles. The van der Waals surface area contributed by atoms with Crippen LogP contribution < -0.4 is 5.32 Å². The minimum absolute atomic E-state index is 0.0374. The van der Waals surface area contributed by atoms with Crippen molar-refractivity contribution in [3.8, 4) is 0 Å². The lowest BCUT2D eigenvalue weighted by Gasteiger charge is -2.30. The van der Waals surface area contributed by atoms with E-state index in [9.17, 15) is 13.2 Å². The van der Waals surface area contributed by atoms with Crippen molar-refractivity contribution in [1.29, 1.82) is 0 Å². The van der Waals surface area contributed by atoms with Crippen molar-refractivity contribution in [1.82, 2.24) is 19.5 Å². The van der Waals surface area contributed by atoms with Crippen LogP contribution in [0.15, 0.2) is 29.4 Å². The van der Waals surface area contributed by atoms with Crippen molar-refractivity contribution in [3.63, 3.8) is 0 Å². The van der Waals surface area contributed by atoms with Gasteiger partial charge in [-0.3, -0.25) is 14.7 Å². The van der Waals surface area contributed by atoms with Crippen LogP contribution in [0.25, 0.3) is 0 Å². The van der Waals surface area contributed by atoms with E-state index in [1.54, 1.807) is 18.3 Å². The summed E-state index contributed by atoms with van der Waals surface area (Å²) in [5.41, 5.74) is 0. The molecule has 0 radical (unpaired) electrons. The number of ether oxygens (including phenoxy) is 1. The number of pyridine rings is 1. The molecule has 3 rings (SSSR count). The van der Waals surface area contributed by atoms with E-state index >= 15 is 0 Å². The van der Waals surface area contributed by atoms with Gasteiger partial charge in [0.15, 0.2) is 0 Å². The van der Waals surface area contributed by atoms with Crippen LogP contribution >= 0.6 is 0 Å². The van der Waals surface area contributed by atoms with Crippen molar-refractivity contribution < 1.29 is 17.9 Å². The molecule has 2 saturated heterocycles. The first kappa shape index (κ1) is 20.2. The number of amides is 1. The Labute approximate surface area is 160 Å². The molecule has 1 aromatic heterocycles. The van der Waals surface area contributed by atoms with Gasteiger partial charge in [-0.25, -0.2) is 8.42 Å². The minimum atomic E-state index is -3.52. The fourth-order valence-electron chi connectivity index (χ4n) is 3.49. The summed E-state index contributed by atoms with van der Waals surface area (Å²) >= 11 is 0. The van der Waals surface area contributed by atoms with Crippen LogP contribution in [-0.2, 0) is 19.6 Å². The third kappa shape index (κ3) is 5.47. The molecule has 0 saturated carbocycles. The maximum atomic E-state index is 12.6. The number of rotatable bonds is 7.